The summed E-state index contributed by atoms with van der Waals surface area (Å²) < 4.78 is 0. The number of pyridine rings is 1. The SMILES string of the molecule is C1CCNC1.Clc1cc2c(cn1)C=NCN2. The highest BCUT2D eigenvalue weighted by molar-refractivity contribution is 6.29. The molecule has 4 nitrogen and oxygen atoms in total. The first-order chi connectivity index (χ1) is 7.86. The lowest BCUT2D eigenvalue weighted by Gasteiger charge is -2.10. The lowest BCUT2D eigenvalue weighted by Crippen LogP contribution is -2.07. The highest BCUT2D eigenvalue weighted by atomic mass is 35.5. The van der Waals surface area contributed by atoms with Gasteiger partial charge in [0.05, 0.1) is 0 Å². The van der Waals surface area contributed by atoms with Gasteiger partial charge in [-0.2, -0.15) is 0 Å². The van der Waals surface area contributed by atoms with E-state index in [1.165, 1.54) is 25.9 Å². The number of halogens is 1. The molecular formula is C11H15ClN4. The molecule has 0 atom stereocenters. The number of anilines is 1. The van der Waals surface area contributed by atoms with Crippen molar-refractivity contribution < 1.29 is 0 Å². The summed E-state index contributed by atoms with van der Waals surface area (Å²) in [5.41, 5.74) is 1.99. The van der Waals surface area contributed by atoms with Gasteiger partial charge in [0.2, 0.25) is 0 Å². The van der Waals surface area contributed by atoms with E-state index < -0.39 is 0 Å². The van der Waals surface area contributed by atoms with Crippen LogP contribution in [0.25, 0.3) is 0 Å². The van der Waals surface area contributed by atoms with Crippen LogP contribution in [0.3, 0.4) is 0 Å². The highest BCUT2D eigenvalue weighted by Crippen LogP contribution is 2.18. The molecule has 5 heteroatoms. The first-order valence-corrected chi connectivity index (χ1v) is 5.84. The fourth-order valence-corrected chi connectivity index (χ4v) is 1.75. The van der Waals surface area contributed by atoms with Crippen molar-refractivity contribution in [1.29, 1.82) is 0 Å². The van der Waals surface area contributed by atoms with Crippen molar-refractivity contribution >= 4 is 23.5 Å². The summed E-state index contributed by atoms with van der Waals surface area (Å²) >= 11 is 5.68. The second-order valence-electron chi connectivity index (χ2n) is 3.70. The molecule has 1 aromatic rings. The van der Waals surface area contributed by atoms with Crippen LogP contribution >= 0.6 is 11.6 Å². The number of aliphatic imine (C=N–C) groups is 1. The lowest BCUT2D eigenvalue weighted by atomic mass is 10.2. The Morgan fingerprint density at radius 2 is 2.06 bits per heavy atom. The van der Waals surface area contributed by atoms with E-state index in [9.17, 15) is 0 Å². The zero-order valence-corrected chi connectivity index (χ0v) is 9.80. The molecule has 0 aromatic carbocycles. The van der Waals surface area contributed by atoms with Crippen LogP contribution in [0.1, 0.15) is 18.4 Å². The molecule has 2 N–H and O–H groups in total. The van der Waals surface area contributed by atoms with Gasteiger partial charge in [-0.1, -0.05) is 11.6 Å². The van der Waals surface area contributed by atoms with E-state index in [1.807, 2.05) is 0 Å². The Bertz CT molecular complexity index is 367. The van der Waals surface area contributed by atoms with Crippen molar-refractivity contribution in [2.45, 2.75) is 12.8 Å². The van der Waals surface area contributed by atoms with Crippen molar-refractivity contribution in [1.82, 2.24) is 10.3 Å². The maximum atomic E-state index is 5.68. The van der Waals surface area contributed by atoms with E-state index in [0.717, 1.165) is 11.3 Å². The number of rotatable bonds is 0. The van der Waals surface area contributed by atoms with Crippen LogP contribution in [0, 0.1) is 0 Å². The average Bonchev–Trinajstić information content (AvgIpc) is 2.87. The third-order valence-electron chi connectivity index (χ3n) is 2.45. The van der Waals surface area contributed by atoms with E-state index in [-0.39, 0.29) is 0 Å². The molecule has 2 aliphatic rings. The summed E-state index contributed by atoms with van der Waals surface area (Å²) in [6.07, 6.45) is 6.27. The summed E-state index contributed by atoms with van der Waals surface area (Å²) in [5.74, 6) is 0. The van der Waals surface area contributed by atoms with Gasteiger partial charge >= 0.3 is 0 Å². The fraction of sp³-hybridized carbons (Fsp3) is 0.455. The largest absolute Gasteiger partial charge is 0.366 e. The van der Waals surface area contributed by atoms with E-state index in [4.69, 9.17) is 11.6 Å². The molecule has 3 rings (SSSR count). The standard InChI is InChI=1S/C7H6ClN3.C4H9N/c8-7-1-6-5(3-10-7)2-9-4-11-6;1-2-4-5-3-1/h1-3,11H,4H2;5H,1-4H2. The molecule has 16 heavy (non-hydrogen) atoms. The van der Waals surface area contributed by atoms with Crippen molar-refractivity contribution in [2.24, 2.45) is 4.99 Å². The van der Waals surface area contributed by atoms with Gasteiger partial charge in [-0.05, 0) is 32.0 Å². The van der Waals surface area contributed by atoms with Crippen LogP contribution in [0.5, 0.6) is 0 Å². The molecular weight excluding hydrogens is 224 g/mol. The molecule has 1 saturated heterocycles. The van der Waals surface area contributed by atoms with Gasteiger partial charge in [0, 0.05) is 23.7 Å². The smallest absolute Gasteiger partial charge is 0.131 e. The minimum absolute atomic E-state index is 0.506. The molecule has 1 fully saturated rings. The third-order valence-corrected chi connectivity index (χ3v) is 2.66. The minimum atomic E-state index is 0.506. The molecule has 3 heterocycles. The number of hydrogen-bond acceptors (Lipinski definition) is 4. The summed E-state index contributed by atoms with van der Waals surface area (Å²) in [5, 5.41) is 6.81. The predicted molar refractivity (Wildman–Crippen MR) is 67.4 cm³/mol. The first-order valence-electron chi connectivity index (χ1n) is 5.46. The molecule has 0 radical (unpaired) electrons. The van der Waals surface area contributed by atoms with Crippen LogP contribution in [0.2, 0.25) is 5.15 Å². The minimum Gasteiger partial charge on any atom is -0.366 e. The van der Waals surface area contributed by atoms with Gasteiger partial charge in [0.1, 0.15) is 11.8 Å². The van der Waals surface area contributed by atoms with Gasteiger partial charge in [0.25, 0.3) is 0 Å². The Morgan fingerprint density at radius 1 is 1.25 bits per heavy atom. The molecule has 86 valence electrons. The Kier molecular flexibility index (Phi) is 4.13. The van der Waals surface area contributed by atoms with Crippen molar-refractivity contribution in [3.8, 4) is 0 Å². The van der Waals surface area contributed by atoms with Crippen LogP contribution in [0.4, 0.5) is 5.69 Å². The highest BCUT2D eigenvalue weighted by Gasteiger charge is 2.04. The summed E-state index contributed by atoms with van der Waals surface area (Å²) in [7, 11) is 0. The normalized spacial score (nSPS) is 17.1. The van der Waals surface area contributed by atoms with Gasteiger partial charge in [-0.3, -0.25) is 4.99 Å². The third kappa shape index (κ3) is 3.18. The monoisotopic (exact) mass is 238 g/mol. The number of nitrogens with one attached hydrogen (secondary N) is 2. The summed E-state index contributed by atoms with van der Waals surface area (Å²) in [6, 6.07) is 1.79. The van der Waals surface area contributed by atoms with Crippen molar-refractivity contribution in [3.63, 3.8) is 0 Å². The maximum Gasteiger partial charge on any atom is 0.131 e. The van der Waals surface area contributed by atoms with Gasteiger partial charge in [-0.25, -0.2) is 4.98 Å². The number of hydrogen-bond donors (Lipinski definition) is 2. The van der Waals surface area contributed by atoms with Gasteiger partial charge < -0.3 is 10.6 Å². The van der Waals surface area contributed by atoms with Crippen LogP contribution in [0.15, 0.2) is 17.3 Å². The van der Waals surface area contributed by atoms with Crippen LogP contribution in [-0.4, -0.2) is 31.0 Å². The van der Waals surface area contributed by atoms with E-state index >= 15 is 0 Å². The van der Waals surface area contributed by atoms with Crippen molar-refractivity contribution in [3.05, 3.63) is 23.0 Å². The van der Waals surface area contributed by atoms with Gasteiger partial charge in [-0.15, -0.1) is 0 Å². The molecule has 2 aliphatic heterocycles. The van der Waals surface area contributed by atoms with Crippen LogP contribution < -0.4 is 10.6 Å². The zero-order chi connectivity index (χ0) is 11.2. The summed E-state index contributed by atoms with van der Waals surface area (Å²) in [6.45, 7) is 3.12. The Balaban J connectivity index is 0.000000162. The molecule has 0 bridgehead atoms. The van der Waals surface area contributed by atoms with Crippen LogP contribution in [-0.2, 0) is 0 Å². The second-order valence-corrected chi connectivity index (χ2v) is 4.09. The summed E-state index contributed by atoms with van der Waals surface area (Å²) in [4.78, 5) is 7.96. The Morgan fingerprint density at radius 3 is 2.75 bits per heavy atom. The fourth-order valence-electron chi connectivity index (χ4n) is 1.60. The predicted octanol–water partition coefficient (Wildman–Crippen LogP) is 1.91. The lowest BCUT2D eigenvalue weighted by molar-refractivity contribution is 0.857. The van der Waals surface area contributed by atoms with Crippen molar-refractivity contribution in [2.75, 3.05) is 25.1 Å². The molecule has 0 unspecified atom stereocenters. The van der Waals surface area contributed by atoms with E-state index in [2.05, 4.69) is 20.6 Å². The molecule has 0 spiro atoms. The maximum absolute atomic E-state index is 5.68. The first kappa shape index (κ1) is 11.4. The van der Waals surface area contributed by atoms with E-state index in [1.54, 1.807) is 18.5 Å². The number of nitrogens with zero attached hydrogens (tertiary/aromatic N) is 2. The molecule has 0 saturated carbocycles. The zero-order valence-electron chi connectivity index (χ0n) is 9.04. The number of aromatic nitrogens is 1. The average molecular weight is 239 g/mol. The quantitative estimate of drug-likeness (QED) is 0.679. The molecule has 0 amide bonds. The Labute approximate surface area is 100 Å². The molecule has 0 aliphatic carbocycles. The Hall–Kier alpha value is -1.13. The van der Waals surface area contributed by atoms with Gasteiger partial charge in [0.15, 0.2) is 0 Å². The van der Waals surface area contributed by atoms with E-state index in [0.29, 0.717) is 11.8 Å². The second kappa shape index (κ2) is 5.82. The number of fused-ring (bicyclic) bond motifs is 1. The topological polar surface area (TPSA) is 49.3 Å². The molecule has 1 aromatic heterocycles.